The van der Waals surface area contributed by atoms with E-state index < -0.39 is 10.0 Å². The molecule has 0 aliphatic rings. The van der Waals surface area contributed by atoms with Gasteiger partial charge in [-0.1, -0.05) is 5.16 Å². The molecule has 9 heteroatoms. The third kappa shape index (κ3) is 2.74. The summed E-state index contributed by atoms with van der Waals surface area (Å²) in [5, 5.41) is 3.62. The van der Waals surface area contributed by atoms with Crippen LogP contribution >= 0.6 is 0 Å². The number of aromatic nitrogens is 2. The number of sulfonamides is 1. The topological polar surface area (TPSA) is 124 Å². The lowest BCUT2D eigenvalue weighted by Gasteiger charge is -2.05. The predicted molar refractivity (Wildman–Crippen MR) is 69.1 cm³/mol. The third-order valence-electron chi connectivity index (χ3n) is 2.79. The van der Waals surface area contributed by atoms with Crippen molar-refractivity contribution in [2.24, 2.45) is 5.73 Å². The molecule has 2 aromatic rings. The smallest absolute Gasteiger partial charge is 0.244 e. The molecule has 110 valence electrons. The summed E-state index contributed by atoms with van der Waals surface area (Å²) in [6, 6.07) is 0. The summed E-state index contributed by atoms with van der Waals surface area (Å²) in [5.41, 5.74) is 6.05. The molecule has 0 spiro atoms. The zero-order chi connectivity index (χ0) is 14.9. The molecule has 0 aromatic carbocycles. The first kappa shape index (κ1) is 14.7. The van der Waals surface area contributed by atoms with Crippen LogP contribution in [0.1, 0.15) is 28.8 Å². The summed E-state index contributed by atoms with van der Waals surface area (Å²) >= 11 is 0. The van der Waals surface area contributed by atoms with E-state index in [1.807, 2.05) is 0 Å². The number of aryl methyl sites for hydroxylation is 3. The number of nitrogens with one attached hydrogen (secondary N) is 1. The van der Waals surface area contributed by atoms with Gasteiger partial charge < -0.3 is 14.7 Å². The Morgan fingerprint density at radius 1 is 1.25 bits per heavy atom. The summed E-state index contributed by atoms with van der Waals surface area (Å²) in [4.78, 5) is 4.01. The van der Waals surface area contributed by atoms with Crippen molar-refractivity contribution in [1.29, 1.82) is 0 Å². The highest BCUT2D eigenvalue weighted by Gasteiger charge is 2.26. The van der Waals surface area contributed by atoms with Crippen LogP contribution in [0.4, 0.5) is 0 Å². The van der Waals surface area contributed by atoms with Gasteiger partial charge in [-0.15, -0.1) is 0 Å². The quantitative estimate of drug-likeness (QED) is 0.824. The molecular weight excluding hydrogens is 284 g/mol. The summed E-state index contributed by atoms with van der Waals surface area (Å²) in [7, 11) is -3.75. The molecule has 0 aliphatic heterocycles. The lowest BCUT2D eigenvalue weighted by molar-refractivity contribution is 0.387. The molecule has 8 nitrogen and oxygen atoms in total. The van der Waals surface area contributed by atoms with Crippen LogP contribution in [0.15, 0.2) is 13.8 Å². The van der Waals surface area contributed by atoms with Gasteiger partial charge in [0.05, 0.1) is 6.54 Å². The predicted octanol–water partition coefficient (Wildman–Crippen LogP) is 0.525. The molecule has 3 N–H and O–H groups in total. The van der Waals surface area contributed by atoms with Crippen molar-refractivity contribution in [3.05, 3.63) is 28.8 Å². The molecule has 0 bridgehead atoms. The van der Waals surface area contributed by atoms with Gasteiger partial charge in [0.2, 0.25) is 15.9 Å². The molecule has 0 saturated carbocycles. The highest BCUT2D eigenvalue weighted by atomic mass is 32.2. The number of furan rings is 1. The minimum absolute atomic E-state index is 0.0622. The molecule has 0 unspecified atom stereocenters. The van der Waals surface area contributed by atoms with Crippen molar-refractivity contribution in [2.45, 2.75) is 38.8 Å². The Balaban J connectivity index is 2.27. The minimum Gasteiger partial charge on any atom is -0.465 e. The SMILES string of the molecule is Cc1nc(CNS(=O)(=O)c2c(C)oc(C)c2CN)no1. The lowest BCUT2D eigenvalue weighted by atomic mass is 10.2. The minimum atomic E-state index is -3.75. The highest BCUT2D eigenvalue weighted by Crippen LogP contribution is 2.26. The Kier molecular flexibility index (Phi) is 3.93. The van der Waals surface area contributed by atoms with E-state index in [0.29, 0.717) is 23.0 Å². The van der Waals surface area contributed by atoms with Gasteiger partial charge in [0.25, 0.3) is 0 Å². The highest BCUT2D eigenvalue weighted by molar-refractivity contribution is 7.89. The van der Waals surface area contributed by atoms with Crippen molar-refractivity contribution in [2.75, 3.05) is 0 Å². The zero-order valence-electron chi connectivity index (χ0n) is 11.4. The summed E-state index contributed by atoms with van der Waals surface area (Å²) in [6.07, 6.45) is 0. The monoisotopic (exact) mass is 300 g/mol. The fraction of sp³-hybridized carbons (Fsp3) is 0.455. The third-order valence-corrected chi connectivity index (χ3v) is 4.38. The van der Waals surface area contributed by atoms with Gasteiger partial charge in [-0.05, 0) is 13.8 Å². The largest absolute Gasteiger partial charge is 0.465 e. The molecule has 0 amide bonds. The van der Waals surface area contributed by atoms with Gasteiger partial charge in [0.1, 0.15) is 16.4 Å². The Bertz CT molecular complexity index is 717. The maximum atomic E-state index is 12.3. The van der Waals surface area contributed by atoms with E-state index in [4.69, 9.17) is 14.7 Å². The number of hydrogen-bond donors (Lipinski definition) is 2. The van der Waals surface area contributed by atoms with E-state index in [9.17, 15) is 8.42 Å². The van der Waals surface area contributed by atoms with Crippen LogP contribution < -0.4 is 10.5 Å². The van der Waals surface area contributed by atoms with Crippen LogP contribution in [0.2, 0.25) is 0 Å². The van der Waals surface area contributed by atoms with Crippen LogP contribution in [0.3, 0.4) is 0 Å². The second kappa shape index (κ2) is 5.35. The van der Waals surface area contributed by atoms with E-state index >= 15 is 0 Å². The van der Waals surface area contributed by atoms with Crippen molar-refractivity contribution in [3.63, 3.8) is 0 Å². The number of nitrogens with two attached hydrogens (primary N) is 1. The number of rotatable bonds is 5. The number of nitrogens with zero attached hydrogens (tertiary/aromatic N) is 2. The van der Waals surface area contributed by atoms with E-state index in [2.05, 4.69) is 14.9 Å². The molecule has 0 aliphatic carbocycles. The maximum Gasteiger partial charge on any atom is 0.244 e. The summed E-state index contributed by atoms with van der Waals surface area (Å²) in [6.45, 7) is 4.91. The normalized spacial score (nSPS) is 12.0. The molecular formula is C11H16N4O4S. The first-order valence-electron chi connectivity index (χ1n) is 5.93. The average Bonchev–Trinajstić information content (AvgIpc) is 2.90. The first-order valence-corrected chi connectivity index (χ1v) is 7.41. The molecule has 0 atom stereocenters. The number of hydrogen-bond acceptors (Lipinski definition) is 7. The van der Waals surface area contributed by atoms with Crippen LogP contribution in [-0.2, 0) is 23.1 Å². The fourth-order valence-corrected chi connectivity index (χ4v) is 3.38. The summed E-state index contributed by atoms with van der Waals surface area (Å²) in [5.74, 6) is 1.44. The van der Waals surface area contributed by atoms with Crippen LogP contribution in [0.25, 0.3) is 0 Å². The standard InChI is InChI=1S/C11H16N4O4S/c1-6-9(4-12)11(7(2)18-6)20(16,17)13-5-10-14-8(3)19-15-10/h13H,4-5,12H2,1-3H3. The lowest BCUT2D eigenvalue weighted by Crippen LogP contribution is -2.25. The van der Waals surface area contributed by atoms with E-state index in [1.165, 1.54) is 0 Å². The van der Waals surface area contributed by atoms with Gasteiger partial charge in [-0.2, -0.15) is 4.98 Å². The van der Waals surface area contributed by atoms with Gasteiger partial charge in [-0.3, -0.25) is 0 Å². The van der Waals surface area contributed by atoms with Crippen LogP contribution in [0, 0.1) is 20.8 Å². The van der Waals surface area contributed by atoms with E-state index in [1.54, 1.807) is 20.8 Å². The van der Waals surface area contributed by atoms with Crippen molar-refractivity contribution in [3.8, 4) is 0 Å². The maximum absolute atomic E-state index is 12.3. The Labute approximate surface area is 116 Å². The Morgan fingerprint density at radius 2 is 1.95 bits per heavy atom. The zero-order valence-corrected chi connectivity index (χ0v) is 12.2. The molecule has 2 heterocycles. The molecule has 0 fully saturated rings. The van der Waals surface area contributed by atoms with Gasteiger partial charge in [-0.25, -0.2) is 13.1 Å². The fourth-order valence-electron chi connectivity index (χ4n) is 1.94. The second-order valence-electron chi connectivity index (χ2n) is 4.28. The van der Waals surface area contributed by atoms with E-state index in [0.717, 1.165) is 0 Å². The molecule has 20 heavy (non-hydrogen) atoms. The first-order chi connectivity index (χ1) is 9.35. The second-order valence-corrected chi connectivity index (χ2v) is 5.98. The van der Waals surface area contributed by atoms with Gasteiger partial charge >= 0.3 is 0 Å². The Hall–Kier alpha value is -1.71. The van der Waals surface area contributed by atoms with Crippen LogP contribution in [0.5, 0.6) is 0 Å². The van der Waals surface area contributed by atoms with Gasteiger partial charge in [0.15, 0.2) is 5.82 Å². The molecule has 0 radical (unpaired) electrons. The average molecular weight is 300 g/mol. The van der Waals surface area contributed by atoms with Crippen molar-refractivity contribution in [1.82, 2.24) is 14.9 Å². The molecule has 2 rings (SSSR count). The molecule has 0 saturated heterocycles. The van der Waals surface area contributed by atoms with Crippen molar-refractivity contribution >= 4 is 10.0 Å². The summed E-state index contributed by atoms with van der Waals surface area (Å²) < 4.78 is 37.1. The molecule has 2 aromatic heterocycles. The van der Waals surface area contributed by atoms with E-state index in [-0.39, 0.29) is 23.8 Å². The van der Waals surface area contributed by atoms with Crippen molar-refractivity contribution < 1.29 is 17.4 Å². The van der Waals surface area contributed by atoms with Gasteiger partial charge in [0, 0.05) is 19.0 Å². The van der Waals surface area contributed by atoms with Crippen LogP contribution in [-0.4, -0.2) is 18.6 Å². The Morgan fingerprint density at radius 3 is 2.50 bits per heavy atom.